The molecule has 1 aliphatic carbocycles. The molecule has 0 radical (unpaired) electrons. The summed E-state index contributed by atoms with van der Waals surface area (Å²) in [6.07, 6.45) is 8.49. The van der Waals surface area contributed by atoms with Crippen molar-refractivity contribution >= 4 is 71.3 Å². The quantitative estimate of drug-likeness (QED) is 0.167. The zero-order chi connectivity index (χ0) is 41.4. The van der Waals surface area contributed by atoms with Crippen molar-refractivity contribution in [3.8, 4) is 50.7 Å². The van der Waals surface area contributed by atoms with Gasteiger partial charge in [-0.25, -0.2) is 15.0 Å². The second kappa shape index (κ2) is 14.1. The van der Waals surface area contributed by atoms with E-state index in [1.807, 2.05) is 54.6 Å². The van der Waals surface area contributed by atoms with E-state index in [4.69, 9.17) is 23.8 Å². The van der Waals surface area contributed by atoms with Crippen LogP contribution in [0.4, 0.5) is 0 Å². The molecule has 12 aromatic rings. The fourth-order valence-electron chi connectivity index (χ4n) is 9.46. The van der Waals surface area contributed by atoms with E-state index in [1.54, 1.807) is 0 Å². The number of benzene rings is 8. The van der Waals surface area contributed by atoms with Gasteiger partial charge in [0, 0.05) is 54.7 Å². The summed E-state index contributed by atoms with van der Waals surface area (Å²) in [6.45, 7) is 0. The third-order valence-electron chi connectivity index (χ3n) is 12.5. The van der Waals surface area contributed by atoms with E-state index < -0.39 is 0 Å². The van der Waals surface area contributed by atoms with Crippen molar-refractivity contribution in [1.29, 1.82) is 0 Å². The summed E-state index contributed by atoms with van der Waals surface area (Å²) in [5.74, 6) is 1.92. The van der Waals surface area contributed by atoms with Crippen molar-refractivity contribution in [3.63, 3.8) is 0 Å². The molecule has 6 nitrogen and oxygen atoms in total. The molecule has 0 bridgehead atoms. The lowest BCUT2D eigenvalue weighted by atomic mass is 9.98. The molecule has 8 aromatic carbocycles. The lowest BCUT2D eigenvalue weighted by Gasteiger charge is -2.11. The molecule has 4 aromatic heterocycles. The Morgan fingerprint density at radius 3 is 1.78 bits per heavy atom. The van der Waals surface area contributed by atoms with Gasteiger partial charge in [-0.3, -0.25) is 0 Å². The first-order valence-electron chi connectivity index (χ1n) is 21.4. The summed E-state index contributed by atoms with van der Waals surface area (Å²) in [5, 5.41) is 6.60. The first kappa shape index (κ1) is 35.4. The molecule has 0 spiro atoms. The maximum atomic E-state index is 6.54. The molecule has 63 heavy (non-hydrogen) atoms. The van der Waals surface area contributed by atoms with Gasteiger partial charge >= 0.3 is 0 Å². The monoisotopic (exact) mass is 808 g/mol. The van der Waals surface area contributed by atoms with E-state index >= 15 is 0 Å². The summed E-state index contributed by atoms with van der Waals surface area (Å²) in [7, 11) is 0. The van der Waals surface area contributed by atoms with Crippen molar-refractivity contribution in [2.45, 2.75) is 12.8 Å². The minimum atomic E-state index is 0.614. The van der Waals surface area contributed by atoms with Gasteiger partial charge < -0.3 is 13.4 Å². The van der Waals surface area contributed by atoms with Gasteiger partial charge in [-0.05, 0) is 108 Å². The molecule has 0 unspecified atom stereocenters. The summed E-state index contributed by atoms with van der Waals surface area (Å²) >= 11 is 0. The van der Waals surface area contributed by atoms with Gasteiger partial charge in [0.15, 0.2) is 17.5 Å². The largest absolute Gasteiger partial charge is 0.456 e. The van der Waals surface area contributed by atoms with Crippen LogP contribution in [0.15, 0.2) is 203 Å². The normalized spacial score (nSPS) is 13.0. The zero-order valence-electron chi connectivity index (χ0n) is 34.0. The van der Waals surface area contributed by atoms with Crippen molar-refractivity contribution < 1.29 is 8.83 Å². The zero-order valence-corrected chi connectivity index (χ0v) is 34.0. The third-order valence-corrected chi connectivity index (χ3v) is 12.5. The summed E-state index contributed by atoms with van der Waals surface area (Å²) in [5.41, 5.74) is 14.1. The number of hydrogen-bond acceptors (Lipinski definition) is 5. The van der Waals surface area contributed by atoms with Crippen LogP contribution in [0.1, 0.15) is 18.7 Å². The van der Waals surface area contributed by atoms with Gasteiger partial charge in [-0.15, -0.1) is 0 Å². The second-order valence-electron chi connectivity index (χ2n) is 16.2. The number of furan rings is 2. The maximum absolute atomic E-state index is 6.54. The molecule has 0 amide bonds. The molecular formula is C57H36N4O2. The molecule has 0 atom stereocenters. The molecule has 296 valence electrons. The SMILES string of the molecule is C1=CC(c2nc(-c3ccccc3)nc(-c3cccc4oc5ccc(-c6ccc7c(c6)c6cc(-c8ccc9c(c8)oc8ccccc89)ccc6n7-c6ccccc6)cc5c34)n2)=CCC1. The number of aromatic nitrogens is 4. The van der Waals surface area contributed by atoms with Crippen LogP contribution in [0, 0.1) is 0 Å². The Morgan fingerprint density at radius 2 is 1.00 bits per heavy atom. The van der Waals surface area contributed by atoms with Crippen LogP contribution in [-0.2, 0) is 0 Å². The summed E-state index contributed by atoms with van der Waals surface area (Å²) in [6, 6.07) is 61.8. The van der Waals surface area contributed by atoms with Crippen molar-refractivity contribution in [3.05, 3.63) is 200 Å². The second-order valence-corrected chi connectivity index (χ2v) is 16.2. The number of nitrogens with zero attached hydrogens (tertiary/aromatic N) is 4. The molecule has 0 saturated heterocycles. The first-order chi connectivity index (χ1) is 31.2. The lowest BCUT2D eigenvalue weighted by Crippen LogP contribution is -2.03. The van der Waals surface area contributed by atoms with Crippen LogP contribution in [0.2, 0.25) is 0 Å². The molecule has 0 N–H and O–H groups in total. The Bertz CT molecular complexity index is 3850. The fourth-order valence-corrected chi connectivity index (χ4v) is 9.46. The van der Waals surface area contributed by atoms with E-state index in [1.165, 1.54) is 10.8 Å². The van der Waals surface area contributed by atoms with Crippen LogP contribution >= 0.6 is 0 Å². The number of hydrogen-bond donors (Lipinski definition) is 0. The highest BCUT2D eigenvalue weighted by Crippen LogP contribution is 2.41. The van der Waals surface area contributed by atoms with Crippen LogP contribution in [0.5, 0.6) is 0 Å². The smallest absolute Gasteiger partial charge is 0.164 e. The van der Waals surface area contributed by atoms with Gasteiger partial charge in [0.05, 0.1) is 11.0 Å². The minimum Gasteiger partial charge on any atom is -0.456 e. The molecular weight excluding hydrogens is 773 g/mol. The Balaban J connectivity index is 0.976. The molecule has 0 aliphatic heterocycles. The fraction of sp³-hybridized carbons (Fsp3) is 0.0351. The van der Waals surface area contributed by atoms with Crippen LogP contribution in [0.3, 0.4) is 0 Å². The molecule has 4 heterocycles. The van der Waals surface area contributed by atoms with Crippen molar-refractivity contribution in [1.82, 2.24) is 19.5 Å². The van der Waals surface area contributed by atoms with Gasteiger partial charge in [0.2, 0.25) is 0 Å². The molecule has 13 rings (SSSR count). The number of rotatable bonds is 6. The Morgan fingerprint density at radius 1 is 0.397 bits per heavy atom. The minimum absolute atomic E-state index is 0.614. The standard InChI is InChI=1S/C57H36N4O2/c1-4-13-35(14-5-1)55-58-56(36-15-6-2-7-16-36)60-57(59-55)44-20-12-22-52-54(44)47-33-39(26-30-51(47)62-52)37-24-28-48-45(31-37)46-32-38(25-29-49(46)61(48)41-17-8-3-9-18-41)40-23-27-43-42-19-10-11-21-50(42)63-53(43)34-40/h1,3-6,8-34H,2,7H2. The Kier molecular flexibility index (Phi) is 7.93. The Labute approximate surface area is 361 Å². The van der Waals surface area contributed by atoms with Gasteiger partial charge in [0.1, 0.15) is 22.3 Å². The average molecular weight is 809 g/mol. The number of para-hydroxylation sites is 2. The summed E-state index contributed by atoms with van der Waals surface area (Å²) in [4.78, 5) is 15.2. The molecule has 1 aliphatic rings. The van der Waals surface area contributed by atoms with Crippen molar-refractivity contribution in [2.24, 2.45) is 0 Å². The van der Waals surface area contributed by atoms with Crippen LogP contribution < -0.4 is 0 Å². The lowest BCUT2D eigenvalue weighted by molar-refractivity contribution is 0.668. The molecule has 0 saturated carbocycles. The predicted molar refractivity (Wildman–Crippen MR) is 257 cm³/mol. The van der Waals surface area contributed by atoms with Gasteiger partial charge in [0.25, 0.3) is 0 Å². The van der Waals surface area contributed by atoms with Gasteiger partial charge in [-0.1, -0.05) is 121 Å². The van der Waals surface area contributed by atoms with Crippen LogP contribution in [-0.4, -0.2) is 19.5 Å². The highest BCUT2D eigenvalue weighted by Gasteiger charge is 2.20. The maximum Gasteiger partial charge on any atom is 0.164 e. The predicted octanol–water partition coefficient (Wildman–Crippen LogP) is 15.2. The topological polar surface area (TPSA) is 69.9 Å². The van der Waals surface area contributed by atoms with E-state index in [-0.39, 0.29) is 0 Å². The van der Waals surface area contributed by atoms with E-state index in [0.717, 1.165) is 112 Å². The van der Waals surface area contributed by atoms with Crippen LogP contribution in [0.25, 0.3) is 122 Å². The van der Waals surface area contributed by atoms with E-state index in [0.29, 0.717) is 17.5 Å². The number of fused-ring (bicyclic) bond motifs is 9. The third kappa shape index (κ3) is 5.83. The highest BCUT2D eigenvalue weighted by molar-refractivity contribution is 6.15. The van der Waals surface area contributed by atoms with E-state index in [2.05, 4.69) is 144 Å². The molecule has 6 heteroatoms. The van der Waals surface area contributed by atoms with Gasteiger partial charge in [-0.2, -0.15) is 0 Å². The molecule has 0 fully saturated rings. The average Bonchev–Trinajstić information content (AvgIpc) is 4.03. The Hall–Kier alpha value is -8.35. The van der Waals surface area contributed by atoms with Crippen molar-refractivity contribution in [2.75, 3.05) is 0 Å². The van der Waals surface area contributed by atoms with E-state index in [9.17, 15) is 0 Å². The first-order valence-corrected chi connectivity index (χ1v) is 21.4. The number of allylic oxidation sites excluding steroid dienone is 4. The summed E-state index contributed by atoms with van der Waals surface area (Å²) < 4.78 is 15.2. The highest BCUT2D eigenvalue weighted by atomic mass is 16.3.